The Morgan fingerprint density at radius 2 is 2.04 bits per heavy atom. The first-order valence-corrected chi connectivity index (χ1v) is 9.18. The summed E-state index contributed by atoms with van der Waals surface area (Å²) in [5, 5.41) is 21.5. The number of rotatable bonds is 6. The number of alkyl carbamates (subject to hydrolysis) is 1. The number of nitrogens with one attached hydrogen (secondary N) is 1. The lowest BCUT2D eigenvalue weighted by Gasteiger charge is -2.17. The van der Waals surface area contributed by atoms with Crippen LogP contribution in [0.4, 0.5) is 4.79 Å². The standard InChI is InChI=1S/C14H18ClNO7S/c15-9-1-3-10(4-2-9)24(20,21)6-5-22-14(19)16-11-8-23-12(7-17)13(11)18/h1-4,11-13,17-18H,5-8H2,(H,16,19)/t11?,12-,13?/m1/s1. The van der Waals surface area contributed by atoms with E-state index in [0.717, 1.165) is 0 Å². The molecule has 1 amide bonds. The van der Waals surface area contributed by atoms with Gasteiger partial charge < -0.3 is 25.0 Å². The van der Waals surface area contributed by atoms with Crippen LogP contribution in [-0.4, -0.2) is 68.5 Å². The minimum absolute atomic E-state index is 0.0323. The van der Waals surface area contributed by atoms with Gasteiger partial charge in [-0.05, 0) is 24.3 Å². The van der Waals surface area contributed by atoms with Crippen molar-refractivity contribution in [3.05, 3.63) is 29.3 Å². The van der Waals surface area contributed by atoms with Gasteiger partial charge in [0.05, 0.1) is 29.9 Å². The third-order valence-corrected chi connectivity index (χ3v) is 5.47. The topological polar surface area (TPSA) is 122 Å². The van der Waals surface area contributed by atoms with Crippen LogP contribution >= 0.6 is 11.6 Å². The number of benzene rings is 1. The summed E-state index contributed by atoms with van der Waals surface area (Å²) in [4.78, 5) is 11.7. The number of carbonyl (C=O) groups is 1. The molecule has 24 heavy (non-hydrogen) atoms. The van der Waals surface area contributed by atoms with Gasteiger partial charge in [0.15, 0.2) is 9.84 Å². The van der Waals surface area contributed by atoms with E-state index in [9.17, 15) is 18.3 Å². The fraction of sp³-hybridized carbons (Fsp3) is 0.500. The van der Waals surface area contributed by atoms with Crippen molar-refractivity contribution in [2.75, 3.05) is 25.6 Å². The SMILES string of the molecule is O=C(NC1CO[C@H](CO)C1O)OCCS(=O)(=O)c1ccc(Cl)cc1. The number of aliphatic hydroxyl groups excluding tert-OH is 2. The summed E-state index contributed by atoms with van der Waals surface area (Å²) in [5.74, 6) is -0.384. The second-order valence-electron chi connectivity index (χ2n) is 5.20. The van der Waals surface area contributed by atoms with E-state index in [1.165, 1.54) is 24.3 Å². The highest BCUT2D eigenvalue weighted by Gasteiger charge is 2.36. The summed E-state index contributed by atoms with van der Waals surface area (Å²) in [6.07, 6.45) is -2.69. The third-order valence-electron chi connectivity index (χ3n) is 3.52. The Bertz CT molecular complexity index is 664. The maximum atomic E-state index is 12.1. The Balaban J connectivity index is 1.79. The first kappa shape index (κ1) is 18.9. The maximum absolute atomic E-state index is 12.1. The minimum atomic E-state index is -3.59. The van der Waals surface area contributed by atoms with Gasteiger partial charge in [-0.3, -0.25) is 0 Å². The molecule has 0 spiro atoms. The van der Waals surface area contributed by atoms with Gasteiger partial charge >= 0.3 is 6.09 Å². The molecular formula is C14H18ClNO7S. The van der Waals surface area contributed by atoms with Gasteiger partial charge in [0.2, 0.25) is 0 Å². The molecule has 1 fully saturated rings. The Hall–Kier alpha value is -1.39. The van der Waals surface area contributed by atoms with Crippen molar-refractivity contribution in [1.29, 1.82) is 0 Å². The molecule has 1 saturated heterocycles. The van der Waals surface area contributed by atoms with Gasteiger partial charge in [0, 0.05) is 5.02 Å². The first-order valence-electron chi connectivity index (χ1n) is 7.15. The molecule has 1 aromatic rings. The lowest BCUT2D eigenvalue weighted by Crippen LogP contribution is -2.45. The molecule has 0 bridgehead atoms. The zero-order valence-corrected chi connectivity index (χ0v) is 14.2. The largest absolute Gasteiger partial charge is 0.448 e. The second-order valence-corrected chi connectivity index (χ2v) is 7.75. The average molecular weight is 380 g/mol. The molecule has 134 valence electrons. The van der Waals surface area contributed by atoms with Crippen LogP contribution in [0, 0.1) is 0 Å². The number of carbonyl (C=O) groups excluding carboxylic acids is 1. The molecule has 0 aromatic heterocycles. The van der Waals surface area contributed by atoms with Crippen LogP contribution < -0.4 is 5.32 Å². The first-order chi connectivity index (χ1) is 11.3. The average Bonchev–Trinajstić information content (AvgIpc) is 2.88. The van der Waals surface area contributed by atoms with Crippen LogP contribution in [0.1, 0.15) is 0 Å². The van der Waals surface area contributed by atoms with Gasteiger partial charge in [-0.1, -0.05) is 11.6 Å². The molecule has 1 aliphatic heterocycles. The van der Waals surface area contributed by atoms with Crippen LogP contribution in [0.2, 0.25) is 5.02 Å². The monoisotopic (exact) mass is 379 g/mol. The quantitative estimate of drug-likeness (QED) is 0.633. The van der Waals surface area contributed by atoms with Gasteiger partial charge in [0.25, 0.3) is 0 Å². The molecule has 3 atom stereocenters. The van der Waals surface area contributed by atoms with E-state index in [1.807, 2.05) is 0 Å². The molecule has 1 aliphatic rings. The normalized spacial score (nSPS) is 23.9. The van der Waals surface area contributed by atoms with Crippen LogP contribution in [0.25, 0.3) is 0 Å². The van der Waals surface area contributed by atoms with Gasteiger partial charge in [-0.25, -0.2) is 13.2 Å². The zero-order valence-electron chi connectivity index (χ0n) is 12.6. The lowest BCUT2D eigenvalue weighted by molar-refractivity contribution is 0.00272. The van der Waals surface area contributed by atoms with Crippen molar-refractivity contribution in [3.8, 4) is 0 Å². The lowest BCUT2D eigenvalue weighted by atomic mass is 10.1. The number of halogens is 1. The van der Waals surface area contributed by atoms with Gasteiger partial charge in [-0.2, -0.15) is 0 Å². The minimum Gasteiger partial charge on any atom is -0.448 e. The Labute approximate surface area is 144 Å². The summed E-state index contributed by atoms with van der Waals surface area (Å²) >= 11 is 5.70. The summed E-state index contributed by atoms with van der Waals surface area (Å²) in [5.41, 5.74) is 0. The van der Waals surface area contributed by atoms with Crippen molar-refractivity contribution in [3.63, 3.8) is 0 Å². The van der Waals surface area contributed by atoms with E-state index in [0.29, 0.717) is 5.02 Å². The molecule has 1 aromatic carbocycles. The summed E-state index contributed by atoms with van der Waals surface area (Å²) in [7, 11) is -3.59. The number of aliphatic hydroxyl groups is 2. The third kappa shape index (κ3) is 4.81. The molecular weight excluding hydrogens is 362 g/mol. The Kier molecular flexibility index (Phi) is 6.41. The van der Waals surface area contributed by atoms with E-state index in [2.05, 4.69) is 5.32 Å². The van der Waals surface area contributed by atoms with Crippen molar-refractivity contribution in [2.24, 2.45) is 0 Å². The number of amides is 1. The van der Waals surface area contributed by atoms with Crippen LogP contribution in [0.5, 0.6) is 0 Å². The molecule has 0 radical (unpaired) electrons. The molecule has 0 saturated carbocycles. The molecule has 1 heterocycles. The molecule has 3 N–H and O–H groups in total. The van der Waals surface area contributed by atoms with E-state index >= 15 is 0 Å². The maximum Gasteiger partial charge on any atom is 0.407 e. The Morgan fingerprint density at radius 1 is 1.38 bits per heavy atom. The molecule has 10 heteroatoms. The van der Waals surface area contributed by atoms with E-state index in [-0.39, 0.29) is 30.5 Å². The smallest absolute Gasteiger partial charge is 0.407 e. The zero-order chi connectivity index (χ0) is 17.7. The molecule has 0 aliphatic carbocycles. The number of hydrogen-bond acceptors (Lipinski definition) is 7. The summed E-state index contributed by atoms with van der Waals surface area (Å²) in [6, 6.07) is 4.95. The van der Waals surface area contributed by atoms with Gasteiger partial charge in [-0.15, -0.1) is 0 Å². The van der Waals surface area contributed by atoms with Gasteiger partial charge in [0.1, 0.15) is 18.8 Å². The van der Waals surface area contributed by atoms with Crippen molar-refractivity contribution in [1.82, 2.24) is 5.32 Å². The van der Waals surface area contributed by atoms with E-state index in [1.54, 1.807) is 0 Å². The van der Waals surface area contributed by atoms with Crippen molar-refractivity contribution in [2.45, 2.75) is 23.1 Å². The number of ether oxygens (including phenoxy) is 2. The number of hydrogen-bond donors (Lipinski definition) is 3. The highest BCUT2D eigenvalue weighted by Crippen LogP contribution is 2.16. The highest BCUT2D eigenvalue weighted by molar-refractivity contribution is 7.91. The predicted molar refractivity (Wildman–Crippen MR) is 84.6 cm³/mol. The van der Waals surface area contributed by atoms with E-state index < -0.39 is 34.2 Å². The fourth-order valence-corrected chi connectivity index (χ4v) is 3.38. The van der Waals surface area contributed by atoms with E-state index in [4.69, 9.17) is 26.2 Å². The highest BCUT2D eigenvalue weighted by atomic mass is 35.5. The van der Waals surface area contributed by atoms with Crippen LogP contribution in [0.15, 0.2) is 29.2 Å². The van der Waals surface area contributed by atoms with Crippen LogP contribution in [-0.2, 0) is 19.3 Å². The predicted octanol–water partition coefficient (Wildman–Crippen LogP) is -0.0395. The van der Waals surface area contributed by atoms with Crippen molar-refractivity contribution < 1.29 is 32.9 Å². The van der Waals surface area contributed by atoms with Crippen LogP contribution in [0.3, 0.4) is 0 Å². The number of sulfone groups is 1. The summed E-state index contributed by atoms with van der Waals surface area (Å²) < 4.78 is 34.0. The summed E-state index contributed by atoms with van der Waals surface area (Å²) in [6.45, 7) is -0.678. The molecule has 2 unspecified atom stereocenters. The molecule has 2 rings (SSSR count). The van der Waals surface area contributed by atoms with Crippen molar-refractivity contribution >= 4 is 27.5 Å². The Morgan fingerprint density at radius 3 is 2.62 bits per heavy atom. The fourth-order valence-electron chi connectivity index (χ4n) is 2.17. The second kappa shape index (κ2) is 8.13. The molecule has 8 nitrogen and oxygen atoms in total.